The number of ether oxygens (including phenoxy) is 1. The van der Waals surface area contributed by atoms with Gasteiger partial charge in [-0.25, -0.2) is 0 Å². The van der Waals surface area contributed by atoms with Gasteiger partial charge in [-0.1, -0.05) is 22.6 Å². The SMILES string of the molecule is COC(=O)C1(C)CCC(CI)CC1. The van der Waals surface area contributed by atoms with E-state index in [-0.39, 0.29) is 11.4 Å². The van der Waals surface area contributed by atoms with Gasteiger partial charge in [-0.15, -0.1) is 0 Å². The van der Waals surface area contributed by atoms with Crippen LogP contribution in [0.5, 0.6) is 0 Å². The zero-order valence-electron chi connectivity index (χ0n) is 8.31. The molecule has 1 aliphatic rings. The van der Waals surface area contributed by atoms with Crippen LogP contribution in [0.3, 0.4) is 0 Å². The third kappa shape index (κ3) is 2.58. The number of methoxy groups -OCH3 is 1. The number of halogens is 1. The Morgan fingerprint density at radius 2 is 2.08 bits per heavy atom. The zero-order valence-corrected chi connectivity index (χ0v) is 10.5. The van der Waals surface area contributed by atoms with Crippen LogP contribution in [0, 0.1) is 11.3 Å². The highest BCUT2D eigenvalue weighted by molar-refractivity contribution is 14.1. The standard InChI is InChI=1S/C10H17IO2/c1-10(9(12)13-2)5-3-8(7-11)4-6-10/h8H,3-7H2,1-2H3. The van der Waals surface area contributed by atoms with Crippen LogP contribution >= 0.6 is 22.6 Å². The molecule has 0 saturated heterocycles. The quantitative estimate of drug-likeness (QED) is 0.445. The minimum Gasteiger partial charge on any atom is -0.469 e. The van der Waals surface area contributed by atoms with E-state index < -0.39 is 0 Å². The van der Waals surface area contributed by atoms with Crippen LogP contribution in [0.1, 0.15) is 32.6 Å². The van der Waals surface area contributed by atoms with Crippen molar-refractivity contribution in [1.82, 2.24) is 0 Å². The van der Waals surface area contributed by atoms with Crippen molar-refractivity contribution in [2.45, 2.75) is 32.6 Å². The fourth-order valence-corrected chi connectivity index (χ4v) is 2.80. The number of carbonyl (C=O) groups excluding carboxylic acids is 1. The largest absolute Gasteiger partial charge is 0.469 e. The molecule has 13 heavy (non-hydrogen) atoms. The third-order valence-corrected chi connectivity index (χ3v) is 4.35. The molecule has 0 amide bonds. The first kappa shape index (κ1) is 11.3. The van der Waals surface area contributed by atoms with Gasteiger partial charge in [-0.05, 0) is 38.5 Å². The van der Waals surface area contributed by atoms with Crippen LogP contribution in [0.4, 0.5) is 0 Å². The Balaban J connectivity index is 2.51. The van der Waals surface area contributed by atoms with Crippen molar-refractivity contribution in [2.24, 2.45) is 11.3 Å². The minimum atomic E-state index is -0.197. The molecule has 0 spiro atoms. The smallest absolute Gasteiger partial charge is 0.311 e. The maximum absolute atomic E-state index is 11.5. The summed E-state index contributed by atoms with van der Waals surface area (Å²) in [7, 11) is 1.48. The van der Waals surface area contributed by atoms with Gasteiger partial charge in [-0.2, -0.15) is 0 Å². The van der Waals surface area contributed by atoms with E-state index in [0.717, 1.165) is 18.8 Å². The average molecular weight is 296 g/mol. The van der Waals surface area contributed by atoms with Gasteiger partial charge in [0.05, 0.1) is 12.5 Å². The molecule has 0 aromatic heterocycles. The highest BCUT2D eigenvalue weighted by atomic mass is 127. The maximum Gasteiger partial charge on any atom is 0.311 e. The lowest BCUT2D eigenvalue weighted by Crippen LogP contribution is -2.33. The summed E-state index contributed by atoms with van der Waals surface area (Å²) in [5.41, 5.74) is -0.197. The molecule has 1 rings (SSSR count). The van der Waals surface area contributed by atoms with Gasteiger partial charge in [0.2, 0.25) is 0 Å². The second kappa shape index (κ2) is 4.62. The van der Waals surface area contributed by atoms with Crippen LogP contribution < -0.4 is 0 Å². The highest BCUT2D eigenvalue weighted by Crippen LogP contribution is 2.39. The van der Waals surface area contributed by atoms with E-state index >= 15 is 0 Å². The molecule has 0 radical (unpaired) electrons. The summed E-state index contributed by atoms with van der Waals surface area (Å²) in [5.74, 6) is 0.790. The predicted molar refractivity (Wildman–Crippen MR) is 61.0 cm³/mol. The van der Waals surface area contributed by atoms with Gasteiger partial charge in [-0.3, -0.25) is 4.79 Å². The Morgan fingerprint density at radius 1 is 1.54 bits per heavy atom. The summed E-state index contributed by atoms with van der Waals surface area (Å²) in [5, 5.41) is 0. The van der Waals surface area contributed by atoms with Crippen molar-refractivity contribution >= 4 is 28.6 Å². The van der Waals surface area contributed by atoms with Crippen LogP contribution in [0.15, 0.2) is 0 Å². The van der Waals surface area contributed by atoms with Crippen molar-refractivity contribution in [2.75, 3.05) is 11.5 Å². The van der Waals surface area contributed by atoms with E-state index in [1.54, 1.807) is 0 Å². The molecule has 76 valence electrons. The molecule has 1 fully saturated rings. The summed E-state index contributed by atoms with van der Waals surface area (Å²) in [6, 6.07) is 0. The Labute approximate surface area is 93.6 Å². The molecule has 3 heteroatoms. The molecule has 0 atom stereocenters. The van der Waals surface area contributed by atoms with Crippen molar-refractivity contribution in [3.8, 4) is 0 Å². The molecule has 0 aromatic rings. The van der Waals surface area contributed by atoms with Crippen LogP contribution in [-0.4, -0.2) is 17.5 Å². The Hall–Kier alpha value is 0.200. The second-order valence-electron chi connectivity index (χ2n) is 4.15. The Morgan fingerprint density at radius 3 is 2.46 bits per heavy atom. The normalized spacial score (nSPS) is 34.2. The fraction of sp³-hybridized carbons (Fsp3) is 0.900. The second-order valence-corrected chi connectivity index (χ2v) is 5.03. The summed E-state index contributed by atoms with van der Waals surface area (Å²) >= 11 is 2.43. The Kier molecular flexibility index (Phi) is 4.01. The van der Waals surface area contributed by atoms with Gasteiger partial charge >= 0.3 is 5.97 Å². The summed E-state index contributed by atoms with van der Waals surface area (Å²) in [6.45, 7) is 2.03. The van der Waals surface area contributed by atoms with Gasteiger partial charge in [0.15, 0.2) is 0 Å². The maximum atomic E-state index is 11.5. The molecular weight excluding hydrogens is 279 g/mol. The van der Waals surface area contributed by atoms with E-state index in [2.05, 4.69) is 22.6 Å². The zero-order chi connectivity index (χ0) is 9.90. The van der Waals surface area contributed by atoms with Crippen LogP contribution in [-0.2, 0) is 9.53 Å². The van der Waals surface area contributed by atoms with E-state index in [4.69, 9.17) is 4.74 Å². The predicted octanol–water partition coefficient (Wildman–Crippen LogP) is 2.79. The highest BCUT2D eigenvalue weighted by Gasteiger charge is 2.37. The number of hydrogen-bond donors (Lipinski definition) is 0. The molecule has 0 aliphatic heterocycles. The lowest BCUT2D eigenvalue weighted by molar-refractivity contribution is -0.154. The van der Waals surface area contributed by atoms with Crippen molar-refractivity contribution in [3.05, 3.63) is 0 Å². The lowest BCUT2D eigenvalue weighted by Gasteiger charge is -2.34. The number of carbonyl (C=O) groups is 1. The summed E-state index contributed by atoms with van der Waals surface area (Å²) in [4.78, 5) is 11.5. The van der Waals surface area contributed by atoms with Crippen LogP contribution in [0.25, 0.3) is 0 Å². The Bertz CT molecular complexity index is 183. The van der Waals surface area contributed by atoms with Crippen molar-refractivity contribution in [3.63, 3.8) is 0 Å². The molecule has 0 bridgehead atoms. The third-order valence-electron chi connectivity index (χ3n) is 3.11. The molecule has 0 heterocycles. The van der Waals surface area contributed by atoms with Gasteiger partial charge in [0.25, 0.3) is 0 Å². The van der Waals surface area contributed by atoms with Crippen LogP contribution in [0.2, 0.25) is 0 Å². The van der Waals surface area contributed by atoms with E-state index in [1.165, 1.54) is 24.4 Å². The summed E-state index contributed by atoms with van der Waals surface area (Å²) < 4.78 is 6.04. The first-order chi connectivity index (χ1) is 6.12. The molecule has 0 N–H and O–H groups in total. The van der Waals surface area contributed by atoms with Crippen molar-refractivity contribution in [1.29, 1.82) is 0 Å². The summed E-state index contributed by atoms with van der Waals surface area (Å²) in [6.07, 6.45) is 4.34. The van der Waals surface area contributed by atoms with E-state index in [1.807, 2.05) is 6.92 Å². The molecule has 1 saturated carbocycles. The monoisotopic (exact) mass is 296 g/mol. The number of alkyl halides is 1. The minimum absolute atomic E-state index is 0.0283. The first-order valence-electron chi connectivity index (χ1n) is 4.77. The number of rotatable bonds is 2. The van der Waals surface area contributed by atoms with E-state index in [0.29, 0.717) is 0 Å². The molecule has 0 aromatic carbocycles. The molecular formula is C10H17IO2. The topological polar surface area (TPSA) is 26.3 Å². The molecule has 1 aliphatic carbocycles. The lowest BCUT2D eigenvalue weighted by atomic mass is 9.72. The van der Waals surface area contributed by atoms with E-state index in [9.17, 15) is 4.79 Å². The van der Waals surface area contributed by atoms with Crippen molar-refractivity contribution < 1.29 is 9.53 Å². The fourth-order valence-electron chi connectivity index (χ4n) is 1.92. The number of hydrogen-bond acceptors (Lipinski definition) is 2. The van der Waals surface area contributed by atoms with Gasteiger partial charge in [0.1, 0.15) is 0 Å². The van der Waals surface area contributed by atoms with Gasteiger partial charge in [0, 0.05) is 4.43 Å². The first-order valence-corrected chi connectivity index (χ1v) is 6.29. The van der Waals surface area contributed by atoms with Gasteiger partial charge < -0.3 is 4.74 Å². The molecule has 2 nitrogen and oxygen atoms in total. The average Bonchev–Trinajstić information content (AvgIpc) is 2.18. The number of esters is 1. The molecule has 0 unspecified atom stereocenters.